The van der Waals surface area contributed by atoms with E-state index < -0.39 is 0 Å². The van der Waals surface area contributed by atoms with Gasteiger partial charge in [0.25, 0.3) is 0 Å². The minimum atomic E-state index is -0.0544. The van der Waals surface area contributed by atoms with E-state index in [1.54, 1.807) is 11.8 Å². The van der Waals surface area contributed by atoms with Gasteiger partial charge in [-0.15, -0.1) is 11.8 Å². The number of para-hydroxylation sites is 1. The number of carbonyl (C=O) groups is 2. The van der Waals surface area contributed by atoms with E-state index in [1.165, 1.54) is 0 Å². The van der Waals surface area contributed by atoms with Gasteiger partial charge in [-0.1, -0.05) is 44.2 Å². The number of hydrogen-bond donors (Lipinski definition) is 1. The van der Waals surface area contributed by atoms with E-state index >= 15 is 0 Å². The first-order valence-corrected chi connectivity index (χ1v) is 9.00. The van der Waals surface area contributed by atoms with Gasteiger partial charge in [-0.05, 0) is 29.8 Å². The Bertz CT molecular complexity index is 729. The Morgan fingerprint density at radius 3 is 2.42 bits per heavy atom. The lowest BCUT2D eigenvalue weighted by molar-refractivity contribution is -0.119. The Morgan fingerprint density at radius 2 is 1.79 bits per heavy atom. The molecular weight excluding hydrogens is 320 g/mol. The lowest BCUT2D eigenvalue weighted by atomic mass is 10.1. The fraction of sp³-hybridized carbons (Fsp3) is 0.263. The largest absolute Gasteiger partial charge is 0.326 e. The summed E-state index contributed by atoms with van der Waals surface area (Å²) < 4.78 is 0. The van der Waals surface area contributed by atoms with Crippen LogP contribution in [0.4, 0.5) is 11.4 Å². The molecule has 5 heteroatoms. The van der Waals surface area contributed by atoms with Crippen LogP contribution >= 0.6 is 11.8 Å². The molecule has 1 aliphatic rings. The molecule has 24 heavy (non-hydrogen) atoms. The van der Waals surface area contributed by atoms with Crippen LogP contribution < -0.4 is 10.2 Å². The van der Waals surface area contributed by atoms with Crippen LogP contribution in [0.3, 0.4) is 0 Å². The Balaban J connectivity index is 1.80. The van der Waals surface area contributed by atoms with Gasteiger partial charge in [-0.3, -0.25) is 14.5 Å². The van der Waals surface area contributed by atoms with Crippen molar-refractivity contribution < 1.29 is 9.59 Å². The number of rotatable bonds is 4. The molecule has 1 aliphatic heterocycles. The predicted octanol–water partition coefficient (Wildman–Crippen LogP) is 4.06. The van der Waals surface area contributed by atoms with Crippen molar-refractivity contribution in [3.63, 3.8) is 0 Å². The van der Waals surface area contributed by atoms with Crippen molar-refractivity contribution in [3.05, 3.63) is 60.2 Å². The van der Waals surface area contributed by atoms with E-state index in [-0.39, 0.29) is 23.1 Å². The van der Waals surface area contributed by atoms with E-state index in [4.69, 9.17) is 0 Å². The van der Waals surface area contributed by atoms with Crippen molar-refractivity contribution >= 4 is 35.0 Å². The van der Waals surface area contributed by atoms with Gasteiger partial charge in [-0.2, -0.15) is 0 Å². The van der Waals surface area contributed by atoms with E-state index in [9.17, 15) is 9.59 Å². The third-order valence-corrected chi connectivity index (χ3v) is 5.10. The molecule has 3 rings (SSSR count). The lowest BCUT2D eigenvalue weighted by Gasteiger charge is -2.24. The maximum absolute atomic E-state index is 12.3. The van der Waals surface area contributed by atoms with Gasteiger partial charge in [0.05, 0.1) is 5.75 Å². The third kappa shape index (κ3) is 3.46. The molecule has 1 fully saturated rings. The molecule has 4 nitrogen and oxygen atoms in total. The summed E-state index contributed by atoms with van der Waals surface area (Å²) in [6.07, 6.45) is 0. The fourth-order valence-electron chi connectivity index (χ4n) is 2.56. The molecule has 0 saturated carbocycles. The van der Waals surface area contributed by atoms with Gasteiger partial charge in [0.1, 0.15) is 5.37 Å². The number of hydrogen-bond acceptors (Lipinski definition) is 3. The highest BCUT2D eigenvalue weighted by Gasteiger charge is 2.33. The van der Waals surface area contributed by atoms with E-state index in [2.05, 4.69) is 5.32 Å². The average molecular weight is 340 g/mol. The van der Waals surface area contributed by atoms with E-state index in [0.29, 0.717) is 5.75 Å². The SMILES string of the molecule is CC(C)C(=O)Nc1ccc([C@@H]2SCC(=O)N2c2ccccc2)cc1. The van der Waals surface area contributed by atoms with Gasteiger partial charge in [0.15, 0.2) is 0 Å². The summed E-state index contributed by atoms with van der Waals surface area (Å²) in [6.45, 7) is 3.73. The molecule has 2 aromatic carbocycles. The van der Waals surface area contributed by atoms with Crippen molar-refractivity contribution in [1.82, 2.24) is 0 Å². The zero-order valence-electron chi connectivity index (χ0n) is 13.7. The highest BCUT2D eigenvalue weighted by molar-refractivity contribution is 8.00. The summed E-state index contributed by atoms with van der Waals surface area (Å²) in [4.78, 5) is 25.9. The van der Waals surface area contributed by atoms with Crippen LogP contribution in [0, 0.1) is 5.92 Å². The molecule has 2 amide bonds. The number of nitrogens with zero attached hydrogens (tertiary/aromatic N) is 1. The first-order chi connectivity index (χ1) is 11.6. The van der Waals surface area contributed by atoms with Crippen LogP contribution in [0.2, 0.25) is 0 Å². The molecule has 0 radical (unpaired) electrons. The number of benzene rings is 2. The summed E-state index contributed by atoms with van der Waals surface area (Å²) in [5.41, 5.74) is 2.74. The molecule has 0 aromatic heterocycles. The highest BCUT2D eigenvalue weighted by atomic mass is 32.2. The van der Waals surface area contributed by atoms with Crippen molar-refractivity contribution in [3.8, 4) is 0 Å². The average Bonchev–Trinajstić information content (AvgIpc) is 2.98. The topological polar surface area (TPSA) is 49.4 Å². The van der Waals surface area contributed by atoms with E-state index in [0.717, 1.165) is 16.9 Å². The number of amides is 2. The second-order valence-corrected chi connectivity index (χ2v) is 7.10. The van der Waals surface area contributed by atoms with Crippen molar-refractivity contribution in [1.29, 1.82) is 0 Å². The van der Waals surface area contributed by atoms with Gasteiger partial charge in [0.2, 0.25) is 11.8 Å². The number of anilines is 2. The summed E-state index contributed by atoms with van der Waals surface area (Å²) >= 11 is 1.62. The Morgan fingerprint density at radius 1 is 1.12 bits per heavy atom. The Kier molecular flexibility index (Phi) is 4.90. The maximum atomic E-state index is 12.3. The summed E-state index contributed by atoms with van der Waals surface area (Å²) in [5.74, 6) is 0.541. The molecule has 0 spiro atoms. The van der Waals surface area contributed by atoms with Crippen molar-refractivity contribution in [2.45, 2.75) is 19.2 Å². The fourth-order valence-corrected chi connectivity index (χ4v) is 3.73. The van der Waals surface area contributed by atoms with Crippen molar-refractivity contribution in [2.24, 2.45) is 5.92 Å². The summed E-state index contributed by atoms with van der Waals surface area (Å²) in [7, 11) is 0. The molecule has 0 unspecified atom stereocenters. The molecule has 1 heterocycles. The van der Waals surface area contributed by atoms with Crippen LogP contribution in [0.1, 0.15) is 24.8 Å². The lowest BCUT2D eigenvalue weighted by Crippen LogP contribution is -2.27. The smallest absolute Gasteiger partial charge is 0.238 e. The minimum Gasteiger partial charge on any atom is -0.326 e. The summed E-state index contributed by atoms with van der Waals surface area (Å²) in [6, 6.07) is 17.5. The molecule has 2 aromatic rings. The number of thioether (sulfide) groups is 1. The molecule has 1 saturated heterocycles. The molecule has 0 aliphatic carbocycles. The zero-order valence-corrected chi connectivity index (χ0v) is 14.5. The third-order valence-electron chi connectivity index (χ3n) is 3.89. The quantitative estimate of drug-likeness (QED) is 0.913. The summed E-state index contributed by atoms with van der Waals surface area (Å²) in [5, 5.41) is 2.85. The van der Waals surface area contributed by atoms with Gasteiger partial charge < -0.3 is 5.32 Å². The first-order valence-electron chi connectivity index (χ1n) is 7.96. The Hall–Kier alpha value is -2.27. The second kappa shape index (κ2) is 7.09. The van der Waals surface area contributed by atoms with Crippen LogP contribution in [0.25, 0.3) is 0 Å². The van der Waals surface area contributed by atoms with Crippen LogP contribution in [-0.4, -0.2) is 17.6 Å². The number of carbonyl (C=O) groups excluding carboxylic acids is 2. The highest BCUT2D eigenvalue weighted by Crippen LogP contribution is 2.41. The Labute approximate surface area is 146 Å². The predicted molar refractivity (Wildman–Crippen MR) is 99.0 cm³/mol. The van der Waals surface area contributed by atoms with Crippen molar-refractivity contribution in [2.75, 3.05) is 16.0 Å². The normalized spacial score (nSPS) is 17.4. The molecular formula is C19H20N2O2S. The number of nitrogens with one attached hydrogen (secondary N) is 1. The zero-order chi connectivity index (χ0) is 17.1. The molecule has 1 N–H and O–H groups in total. The van der Waals surface area contributed by atoms with Gasteiger partial charge in [0, 0.05) is 17.3 Å². The molecule has 1 atom stereocenters. The van der Waals surface area contributed by atoms with Gasteiger partial charge >= 0.3 is 0 Å². The van der Waals surface area contributed by atoms with Crippen LogP contribution in [0.15, 0.2) is 54.6 Å². The minimum absolute atomic E-state index is 0.000851. The molecule has 124 valence electrons. The molecule has 0 bridgehead atoms. The van der Waals surface area contributed by atoms with Gasteiger partial charge in [-0.25, -0.2) is 0 Å². The monoisotopic (exact) mass is 340 g/mol. The van der Waals surface area contributed by atoms with E-state index in [1.807, 2.05) is 73.3 Å². The van der Waals surface area contributed by atoms with Crippen LogP contribution in [-0.2, 0) is 9.59 Å². The standard InChI is InChI=1S/C19H20N2O2S/c1-13(2)18(23)20-15-10-8-14(9-11-15)19-21(17(22)12-24-19)16-6-4-3-5-7-16/h3-11,13,19H,12H2,1-2H3,(H,20,23)/t19-/m0/s1. The first kappa shape index (κ1) is 16.6. The maximum Gasteiger partial charge on any atom is 0.238 e. The second-order valence-electron chi connectivity index (χ2n) is 6.03. The van der Waals surface area contributed by atoms with Crippen LogP contribution in [0.5, 0.6) is 0 Å².